The lowest BCUT2D eigenvalue weighted by atomic mass is 12.0. The smallest absolute Gasteiger partial charge is 1.00 e. The van der Waals surface area contributed by atoms with Gasteiger partial charge in [-0.1, -0.05) is 14.9 Å². The molecule has 0 bridgehead atoms. The van der Waals surface area contributed by atoms with Crippen LogP contribution >= 0.6 is 40.5 Å². The van der Waals surface area contributed by atoms with Gasteiger partial charge in [0.1, 0.15) is 0 Å². The Morgan fingerprint density at radius 1 is 0.625 bits per heavy atom. The summed E-state index contributed by atoms with van der Waals surface area (Å²) in [6.45, 7) is 0. The number of hydrogen-bond acceptors (Lipinski definition) is 2. The van der Waals surface area contributed by atoms with E-state index in [0.29, 0.717) is 0 Å². The lowest BCUT2D eigenvalue weighted by molar-refractivity contribution is 2.50. The molecule has 0 aromatic rings. The molecule has 0 nitrogen and oxygen atoms in total. The van der Waals surface area contributed by atoms with Gasteiger partial charge in [-0.2, -0.15) is 40.5 Å². The third-order valence-corrected chi connectivity index (χ3v) is 0. The van der Waals surface area contributed by atoms with E-state index in [0.717, 1.165) is 0 Å². The van der Waals surface area contributed by atoms with Crippen molar-refractivity contribution >= 4 is 81.0 Å². The molecule has 0 radical (unpaired) electrons. The van der Waals surface area contributed by atoms with Gasteiger partial charge in [-0.15, -0.1) is 0 Å². The Morgan fingerprint density at radius 3 is 0.625 bits per heavy atom. The van der Waals surface area contributed by atoms with Crippen molar-refractivity contribution in [1.29, 1.82) is 0 Å². The van der Waals surface area contributed by atoms with Crippen LogP contribution in [0.1, 0.15) is 20.6 Å². The highest BCUT2D eigenvalue weighted by Gasteiger charge is -0.0765. The summed E-state index contributed by atoms with van der Waals surface area (Å²) in [7, 11) is 0. The molecule has 0 amide bonds. The van der Waals surface area contributed by atoms with Crippen LogP contribution in [0.2, 0.25) is 0 Å². The summed E-state index contributed by atoms with van der Waals surface area (Å²) in [6.07, 6.45) is 0. The maximum absolute atomic E-state index is 0. The molecule has 0 aromatic heterocycles. The molecule has 0 spiro atoms. The van der Waals surface area contributed by atoms with E-state index >= 15 is 0 Å². The van der Waals surface area contributed by atoms with E-state index in [1.54, 1.807) is 0 Å². The van der Waals surface area contributed by atoms with E-state index in [4.69, 9.17) is 0 Å². The first kappa shape index (κ1) is 190. The first-order chi connectivity index (χ1) is 0. The fourth-order valence-corrected chi connectivity index (χ4v) is 0. The van der Waals surface area contributed by atoms with Gasteiger partial charge in [-0.25, -0.2) is 0 Å². The largest absolute Gasteiger partial charge is 2.00 e. The third kappa shape index (κ3) is 92.6. The predicted octanol–water partition coefficient (Wildman–Crippen LogP) is 1.52. The zero-order valence-corrected chi connectivity index (χ0v) is 8.41. The summed E-state index contributed by atoms with van der Waals surface area (Å²) in [5.41, 5.74) is 0. The zero-order chi connectivity index (χ0) is 0. The van der Waals surface area contributed by atoms with Gasteiger partial charge < -0.3 is 40.5 Å². The highest BCUT2D eigenvalue weighted by molar-refractivity contribution is 7.59. The Hall–Kier alpha value is 2.10. The minimum atomic E-state index is 0. The van der Waals surface area contributed by atoms with Gasteiger partial charge >= 0.3 is 5.71 Å². The molecule has 0 aromatic carbocycles. The van der Waals surface area contributed by atoms with Crippen molar-refractivity contribution in [2.24, 2.45) is 0 Å². The molecular weight excluding hydrogens is 216 g/mol. The van der Waals surface area contributed by atoms with Gasteiger partial charge in [-0.05, 0) is 0 Å². The Kier molecular flexibility index (Phi) is 3210. The maximum Gasteiger partial charge on any atom is 1.00 e. The van der Waals surface area contributed by atoms with Gasteiger partial charge in [0.25, 0.3) is 0 Å². The Labute approximate surface area is 101 Å². The predicted molar refractivity (Wildman–Crippen MR) is 73.9 cm³/mol. The van der Waals surface area contributed by atoms with Crippen LogP contribution in [-0.4, -0.2) is 0 Å². The SMILES string of the molecule is C.C.S.S.S.[H+].[H+].[H+].[H+].[S-2].[SH-].[SH-]. The van der Waals surface area contributed by atoms with E-state index in [2.05, 4.69) is 0 Å². The minimum absolute atomic E-state index is 0. The van der Waals surface area contributed by atoms with Gasteiger partial charge in [0.05, 0.1) is 0 Å². The summed E-state index contributed by atoms with van der Waals surface area (Å²) in [5.74, 6) is 0. The second-order valence-electron chi connectivity index (χ2n) is 0. The molecule has 0 rings (SSSR count). The summed E-state index contributed by atoms with van der Waals surface area (Å²) >= 11 is 0. The van der Waals surface area contributed by atoms with Crippen molar-refractivity contribution in [3.05, 3.63) is 0 Å². The first-order valence-electron chi connectivity index (χ1n) is 0. The van der Waals surface area contributed by atoms with Crippen LogP contribution in [0.15, 0.2) is 0 Å². The van der Waals surface area contributed by atoms with Crippen molar-refractivity contribution in [2.45, 2.75) is 14.9 Å². The lowest BCUT2D eigenvalue weighted by Crippen LogP contribution is -0.00340. The number of rotatable bonds is 0. The van der Waals surface area contributed by atoms with Gasteiger partial charge in [0.15, 0.2) is 0 Å². The second kappa shape index (κ2) is 135. The summed E-state index contributed by atoms with van der Waals surface area (Å²) in [4.78, 5) is 0. The van der Waals surface area contributed by atoms with Crippen LogP contribution in [0.3, 0.4) is 0 Å². The van der Waals surface area contributed by atoms with Crippen molar-refractivity contribution in [2.75, 3.05) is 0 Å². The molecule has 64 valence electrons. The molecular formula is C2H20S6. The molecule has 0 fully saturated rings. The molecule has 0 aliphatic carbocycles. The molecule has 0 saturated carbocycles. The van der Waals surface area contributed by atoms with Crippen LogP contribution in [0.4, 0.5) is 0 Å². The first-order valence-corrected chi connectivity index (χ1v) is 0. The van der Waals surface area contributed by atoms with Crippen molar-refractivity contribution in [1.82, 2.24) is 0 Å². The van der Waals surface area contributed by atoms with E-state index in [1.165, 1.54) is 0 Å². The van der Waals surface area contributed by atoms with E-state index < -0.39 is 0 Å². The number of thiol groups is 2. The van der Waals surface area contributed by atoms with Gasteiger partial charge in [0, 0.05) is 0 Å². The van der Waals surface area contributed by atoms with Crippen molar-refractivity contribution in [3.63, 3.8) is 0 Å². The van der Waals surface area contributed by atoms with Crippen LogP contribution < -0.4 is 0 Å². The monoisotopic (exact) mass is 236 g/mol. The van der Waals surface area contributed by atoms with Crippen molar-refractivity contribution in [3.8, 4) is 0 Å². The van der Waals surface area contributed by atoms with Gasteiger partial charge in [0.2, 0.25) is 0 Å². The summed E-state index contributed by atoms with van der Waals surface area (Å²) in [6, 6.07) is 0. The average Bonchev–Trinajstić information content (AvgIpc) is 0. The van der Waals surface area contributed by atoms with Crippen LogP contribution in [0.25, 0.3) is 0 Å². The van der Waals surface area contributed by atoms with E-state index in [1.807, 2.05) is 0 Å². The van der Waals surface area contributed by atoms with Gasteiger partial charge in [-0.3, -0.25) is 0 Å². The summed E-state index contributed by atoms with van der Waals surface area (Å²) in [5, 5.41) is 0. The highest BCUT2D eigenvalue weighted by atomic mass is 32.1. The van der Waals surface area contributed by atoms with E-state index in [9.17, 15) is 0 Å². The molecule has 0 atom stereocenters. The highest BCUT2D eigenvalue weighted by Crippen LogP contribution is 0.650. The molecule has 0 N–H and O–H groups in total. The zero-order valence-electron chi connectivity index (χ0n) is 6.80. The molecule has 0 heterocycles. The number of hydrogen-bond donors (Lipinski definition) is 0. The molecule has 6 heteroatoms. The molecule has 0 saturated heterocycles. The quantitative estimate of drug-likeness (QED) is 0.462. The summed E-state index contributed by atoms with van der Waals surface area (Å²) < 4.78 is 0. The Balaban J connectivity index is 0. The fourth-order valence-electron chi connectivity index (χ4n) is 0. The molecule has 0 unspecified atom stereocenters. The lowest BCUT2D eigenvalue weighted by Gasteiger charge is -2.00. The third-order valence-electron chi connectivity index (χ3n) is 0. The average molecular weight is 237 g/mol. The second-order valence-corrected chi connectivity index (χ2v) is 0. The minimum Gasteiger partial charge on any atom is -2.00 e. The van der Waals surface area contributed by atoms with Crippen LogP contribution in [0.5, 0.6) is 0 Å². The van der Waals surface area contributed by atoms with Crippen LogP contribution in [0, 0.1) is 0 Å². The molecule has 8 heavy (non-hydrogen) atoms. The Bertz CT molecular complexity index is 17.5. The van der Waals surface area contributed by atoms with E-state index in [-0.39, 0.29) is 102 Å². The maximum atomic E-state index is 0. The topological polar surface area (TPSA) is 0 Å². The molecule has 0 aliphatic heterocycles. The fraction of sp³-hybridized carbons (Fsp3) is 1.00. The molecule has 0 aliphatic rings. The Morgan fingerprint density at radius 2 is 0.625 bits per heavy atom. The van der Waals surface area contributed by atoms with Crippen LogP contribution in [-0.2, 0) is 40.5 Å². The van der Waals surface area contributed by atoms with Crippen molar-refractivity contribution < 1.29 is 5.71 Å². The standard InChI is InChI=1S/2CH4.5H2S.S/h2*1H4;5*1H2;/q;;;;;;;-2/p+2. The normalized spacial score (nSPS) is 0.